The third kappa shape index (κ3) is 17.5. The summed E-state index contributed by atoms with van der Waals surface area (Å²) in [4.78, 5) is 45.3. The van der Waals surface area contributed by atoms with E-state index in [1.165, 1.54) is 12.1 Å². The number of nitrogens with one attached hydrogen (secondary N) is 3. The first-order valence-corrected chi connectivity index (χ1v) is 16.5. The SMILES string of the molecule is NC1CSC(CCCCC(=O)NCCOCCOCCOCCOCCC(=O)NCc2ccc(/C=C/C(=O)O)c(O)c2)C1NC=O. The molecule has 0 radical (unpaired) electrons. The van der Waals surface area contributed by atoms with Gasteiger partial charge in [-0.05, 0) is 30.5 Å². The number of carboxylic acid groups (broad SMARTS) is 1. The zero-order chi connectivity index (χ0) is 33.4. The van der Waals surface area contributed by atoms with Crippen LogP contribution in [0.25, 0.3) is 6.08 Å². The molecule has 1 aromatic carbocycles. The van der Waals surface area contributed by atoms with Crippen molar-refractivity contribution in [3.05, 3.63) is 35.4 Å². The molecule has 2 rings (SSSR count). The van der Waals surface area contributed by atoms with Crippen molar-refractivity contribution in [1.82, 2.24) is 16.0 Å². The van der Waals surface area contributed by atoms with Crippen LogP contribution in [0.1, 0.15) is 43.2 Å². The predicted molar refractivity (Wildman–Crippen MR) is 173 cm³/mol. The molecule has 0 saturated carbocycles. The number of carbonyl (C=O) groups excluding carboxylic acids is 3. The first kappa shape index (κ1) is 39.0. The second-order valence-electron chi connectivity index (χ2n) is 10.5. The normalized spacial score (nSPS) is 17.6. The largest absolute Gasteiger partial charge is 0.507 e. The Morgan fingerprint density at radius 3 is 2.22 bits per heavy atom. The number of aliphatic carboxylic acids is 1. The number of hydrogen-bond donors (Lipinski definition) is 6. The van der Waals surface area contributed by atoms with Crippen LogP contribution in [-0.2, 0) is 44.7 Å². The van der Waals surface area contributed by atoms with Gasteiger partial charge in [0.2, 0.25) is 18.2 Å². The lowest BCUT2D eigenvalue weighted by atomic mass is 10.0. The van der Waals surface area contributed by atoms with Crippen LogP contribution in [0.15, 0.2) is 24.3 Å². The van der Waals surface area contributed by atoms with Crippen molar-refractivity contribution in [2.45, 2.75) is 56.0 Å². The Kier molecular flexibility index (Phi) is 20.4. The van der Waals surface area contributed by atoms with Gasteiger partial charge in [-0.3, -0.25) is 14.4 Å². The Bertz CT molecular complexity index is 1090. The fourth-order valence-corrected chi connectivity index (χ4v) is 5.99. The molecule has 1 fully saturated rings. The molecule has 1 saturated heterocycles. The number of phenols is 1. The van der Waals surface area contributed by atoms with E-state index in [-0.39, 0.29) is 49.2 Å². The molecule has 0 bridgehead atoms. The molecule has 7 N–H and O–H groups in total. The molecule has 1 aliphatic heterocycles. The van der Waals surface area contributed by atoms with Crippen LogP contribution in [0.2, 0.25) is 0 Å². The van der Waals surface area contributed by atoms with Gasteiger partial charge in [-0.2, -0.15) is 11.8 Å². The minimum atomic E-state index is -1.11. The van der Waals surface area contributed by atoms with Crippen LogP contribution in [-0.4, -0.2) is 117 Å². The van der Waals surface area contributed by atoms with Crippen molar-refractivity contribution in [3.8, 4) is 5.75 Å². The van der Waals surface area contributed by atoms with Gasteiger partial charge in [-0.15, -0.1) is 0 Å². The molecule has 0 aliphatic carbocycles. The average molecular weight is 669 g/mol. The number of thioether (sulfide) groups is 1. The maximum absolute atomic E-state index is 12.0. The Morgan fingerprint density at radius 1 is 0.913 bits per heavy atom. The highest BCUT2D eigenvalue weighted by molar-refractivity contribution is 8.00. The summed E-state index contributed by atoms with van der Waals surface area (Å²) in [6, 6.07) is 4.73. The van der Waals surface area contributed by atoms with E-state index in [2.05, 4.69) is 16.0 Å². The van der Waals surface area contributed by atoms with Gasteiger partial charge in [0.05, 0.1) is 58.9 Å². The lowest BCUT2D eigenvalue weighted by Gasteiger charge is -2.20. The van der Waals surface area contributed by atoms with E-state index in [1.807, 2.05) is 0 Å². The second-order valence-corrected chi connectivity index (χ2v) is 11.8. The van der Waals surface area contributed by atoms with Gasteiger partial charge in [0, 0.05) is 54.6 Å². The van der Waals surface area contributed by atoms with Gasteiger partial charge in [0.25, 0.3) is 0 Å². The molecule has 1 heterocycles. The predicted octanol–water partition coefficient (Wildman–Crippen LogP) is 0.797. The van der Waals surface area contributed by atoms with E-state index in [0.29, 0.717) is 82.0 Å². The zero-order valence-electron chi connectivity index (χ0n) is 26.2. The quantitative estimate of drug-likeness (QED) is 0.0460. The molecule has 258 valence electrons. The molecule has 0 spiro atoms. The molecule has 14 nitrogen and oxygen atoms in total. The lowest BCUT2D eigenvalue weighted by molar-refractivity contribution is -0.131. The average Bonchev–Trinajstić information content (AvgIpc) is 3.38. The molecule has 3 unspecified atom stereocenters. The van der Waals surface area contributed by atoms with Gasteiger partial charge in [0.15, 0.2) is 0 Å². The van der Waals surface area contributed by atoms with Gasteiger partial charge in [0.1, 0.15) is 5.75 Å². The summed E-state index contributed by atoms with van der Waals surface area (Å²) in [6.07, 6.45) is 6.19. The van der Waals surface area contributed by atoms with Crippen LogP contribution in [0, 0.1) is 0 Å². The minimum absolute atomic E-state index is 0.00213. The lowest BCUT2D eigenvalue weighted by Crippen LogP contribution is -2.46. The molecule has 3 amide bonds. The van der Waals surface area contributed by atoms with Crippen molar-refractivity contribution in [1.29, 1.82) is 0 Å². The minimum Gasteiger partial charge on any atom is -0.507 e. The summed E-state index contributed by atoms with van der Waals surface area (Å²) in [7, 11) is 0. The Labute approximate surface area is 274 Å². The third-order valence-electron chi connectivity index (χ3n) is 6.92. The van der Waals surface area contributed by atoms with Gasteiger partial charge >= 0.3 is 5.97 Å². The molecule has 46 heavy (non-hydrogen) atoms. The number of benzene rings is 1. The summed E-state index contributed by atoms with van der Waals surface area (Å²) in [5, 5.41) is 27.3. The monoisotopic (exact) mass is 668 g/mol. The van der Waals surface area contributed by atoms with Crippen molar-refractivity contribution < 1.29 is 48.3 Å². The van der Waals surface area contributed by atoms with Gasteiger partial charge in [-0.25, -0.2) is 4.79 Å². The highest BCUT2D eigenvalue weighted by Gasteiger charge is 2.33. The van der Waals surface area contributed by atoms with Crippen LogP contribution >= 0.6 is 11.8 Å². The molecule has 15 heteroatoms. The van der Waals surface area contributed by atoms with Crippen LogP contribution in [0.3, 0.4) is 0 Å². The second kappa shape index (κ2) is 24.0. The number of ether oxygens (including phenoxy) is 4. The highest BCUT2D eigenvalue weighted by Crippen LogP contribution is 2.30. The number of hydrogen-bond acceptors (Lipinski definition) is 11. The first-order valence-electron chi connectivity index (χ1n) is 15.4. The van der Waals surface area contributed by atoms with E-state index < -0.39 is 5.97 Å². The molecule has 3 atom stereocenters. The maximum Gasteiger partial charge on any atom is 0.328 e. The van der Waals surface area contributed by atoms with Gasteiger partial charge in [-0.1, -0.05) is 18.6 Å². The van der Waals surface area contributed by atoms with E-state index >= 15 is 0 Å². The fraction of sp³-hybridized carbons (Fsp3) is 0.613. The third-order valence-corrected chi connectivity index (χ3v) is 8.45. The molecular weight excluding hydrogens is 620 g/mol. The van der Waals surface area contributed by atoms with Crippen LogP contribution < -0.4 is 21.7 Å². The van der Waals surface area contributed by atoms with Crippen LogP contribution in [0.5, 0.6) is 5.75 Å². The topological polar surface area (TPSA) is 208 Å². The zero-order valence-corrected chi connectivity index (χ0v) is 27.0. The molecular formula is C31H48N4O10S. The number of carboxylic acids is 1. The number of unbranched alkanes of at least 4 members (excludes halogenated alkanes) is 1. The number of nitrogens with two attached hydrogens (primary N) is 1. The highest BCUT2D eigenvalue weighted by atomic mass is 32.2. The van der Waals surface area contributed by atoms with E-state index in [4.69, 9.17) is 29.8 Å². The standard InChI is InChI=1S/C31H48N4O10S/c32-25-21-46-27(31(25)35-22-36)3-1-2-4-28(38)33-10-12-43-14-16-45-18-17-44-15-13-42-11-9-29(39)34-20-23-5-6-24(26(37)19-23)7-8-30(40)41/h5-8,19,22,25,27,31,37H,1-4,9-18,20-21,32H2,(H,33,38)(H,34,39)(H,35,36)(H,40,41)/b8-7+. The Morgan fingerprint density at radius 2 is 1.57 bits per heavy atom. The number of phenolic OH excluding ortho intramolecular Hbond substituents is 1. The van der Waals surface area contributed by atoms with E-state index in [0.717, 1.165) is 31.1 Å². The molecule has 1 aromatic rings. The van der Waals surface area contributed by atoms with Gasteiger partial charge < -0.3 is 50.8 Å². The van der Waals surface area contributed by atoms with Crippen molar-refractivity contribution >= 4 is 42.0 Å². The smallest absolute Gasteiger partial charge is 0.328 e. The maximum atomic E-state index is 12.0. The first-order chi connectivity index (χ1) is 22.3. The van der Waals surface area contributed by atoms with Crippen LogP contribution in [0.4, 0.5) is 0 Å². The van der Waals surface area contributed by atoms with E-state index in [1.54, 1.807) is 23.9 Å². The summed E-state index contributed by atoms with van der Waals surface area (Å²) < 4.78 is 21.8. The summed E-state index contributed by atoms with van der Waals surface area (Å²) in [5.41, 5.74) is 7.08. The summed E-state index contributed by atoms with van der Waals surface area (Å²) in [6.45, 7) is 3.66. The summed E-state index contributed by atoms with van der Waals surface area (Å²) in [5.74, 6) is -0.545. The Balaban J connectivity index is 1.32. The number of aromatic hydroxyl groups is 1. The van der Waals surface area contributed by atoms with Crippen molar-refractivity contribution in [3.63, 3.8) is 0 Å². The molecule has 0 aromatic heterocycles. The number of amides is 3. The number of carbonyl (C=O) groups is 4. The molecule has 1 aliphatic rings. The Hall–Kier alpha value is -3.21. The summed E-state index contributed by atoms with van der Waals surface area (Å²) >= 11 is 1.78. The fourth-order valence-electron chi connectivity index (χ4n) is 4.49. The van der Waals surface area contributed by atoms with Crippen molar-refractivity contribution in [2.24, 2.45) is 5.73 Å². The van der Waals surface area contributed by atoms with E-state index in [9.17, 15) is 24.3 Å². The number of rotatable bonds is 26. The van der Waals surface area contributed by atoms with Crippen molar-refractivity contribution in [2.75, 3.05) is 65.2 Å².